The standard InChI is InChI=1S/C19H24N6O4/c1-12-14(23-29-22-12)17(27)24-6-4-19(5-7-24)3-2-13-15(19)20-18(21-16(13)26)25-8-10-28-11-9-25/h2-11H2,1H3,(H,20,21,26). The van der Waals surface area contributed by atoms with Crippen molar-refractivity contribution in [2.75, 3.05) is 44.3 Å². The Kier molecular flexibility index (Phi) is 4.38. The van der Waals surface area contributed by atoms with E-state index >= 15 is 0 Å². The minimum absolute atomic E-state index is 0.0313. The summed E-state index contributed by atoms with van der Waals surface area (Å²) in [7, 11) is 0. The Morgan fingerprint density at radius 1 is 1.10 bits per heavy atom. The summed E-state index contributed by atoms with van der Waals surface area (Å²) in [5.74, 6) is 0.492. The smallest absolute Gasteiger partial charge is 0.278 e. The number of nitrogens with zero attached hydrogens (tertiary/aromatic N) is 5. The van der Waals surface area contributed by atoms with Crippen molar-refractivity contribution in [3.05, 3.63) is 33.0 Å². The Morgan fingerprint density at radius 2 is 1.86 bits per heavy atom. The number of piperidine rings is 1. The maximum absolute atomic E-state index is 12.7. The quantitative estimate of drug-likeness (QED) is 0.771. The molecule has 0 saturated carbocycles. The molecule has 154 valence electrons. The molecule has 2 aromatic heterocycles. The van der Waals surface area contributed by atoms with Crippen LogP contribution in [0.1, 0.15) is 46.7 Å². The second kappa shape index (κ2) is 6.94. The maximum Gasteiger partial charge on any atom is 0.278 e. The van der Waals surface area contributed by atoms with Crippen LogP contribution in [0.25, 0.3) is 0 Å². The van der Waals surface area contributed by atoms with Crippen LogP contribution in [0.3, 0.4) is 0 Å². The highest BCUT2D eigenvalue weighted by Gasteiger charge is 2.45. The first kappa shape index (κ1) is 18.3. The molecule has 29 heavy (non-hydrogen) atoms. The van der Waals surface area contributed by atoms with E-state index < -0.39 is 0 Å². The van der Waals surface area contributed by atoms with Crippen LogP contribution in [-0.4, -0.2) is 70.5 Å². The van der Waals surface area contributed by atoms with Gasteiger partial charge in [-0.2, -0.15) is 0 Å². The van der Waals surface area contributed by atoms with Crippen LogP contribution in [0, 0.1) is 6.92 Å². The Hall–Kier alpha value is -2.75. The summed E-state index contributed by atoms with van der Waals surface area (Å²) in [4.78, 5) is 37.2. The fourth-order valence-electron chi connectivity index (χ4n) is 4.76. The minimum Gasteiger partial charge on any atom is -0.378 e. The molecule has 1 amide bonds. The SMILES string of the molecule is Cc1nonc1C(=O)N1CCC2(CCc3c2nc(N2CCOCC2)[nH]c3=O)CC1. The van der Waals surface area contributed by atoms with Gasteiger partial charge in [0.15, 0.2) is 5.69 Å². The summed E-state index contributed by atoms with van der Waals surface area (Å²) < 4.78 is 10.1. The molecule has 2 aliphatic heterocycles. The molecule has 2 saturated heterocycles. The average molecular weight is 400 g/mol. The van der Waals surface area contributed by atoms with E-state index in [4.69, 9.17) is 9.72 Å². The highest BCUT2D eigenvalue weighted by molar-refractivity contribution is 5.93. The van der Waals surface area contributed by atoms with E-state index in [-0.39, 0.29) is 22.6 Å². The van der Waals surface area contributed by atoms with Crippen molar-refractivity contribution in [3.63, 3.8) is 0 Å². The largest absolute Gasteiger partial charge is 0.378 e. The van der Waals surface area contributed by atoms with Gasteiger partial charge < -0.3 is 14.5 Å². The molecule has 4 heterocycles. The first-order valence-corrected chi connectivity index (χ1v) is 10.1. The fraction of sp³-hybridized carbons (Fsp3) is 0.632. The molecular weight excluding hydrogens is 376 g/mol. The van der Waals surface area contributed by atoms with Gasteiger partial charge >= 0.3 is 0 Å². The predicted octanol–water partition coefficient (Wildman–Crippen LogP) is 0.418. The lowest BCUT2D eigenvalue weighted by Gasteiger charge is -2.39. The lowest BCUT2D eigenvalue weighted by molar-refractivity contribution is 0.0652. The van der Waals surface area contributed by atoms with Crippen molar-refractivity contribution in [2.45, 2.75) is 38.0 Å². The van der Waals surface area contributed by atoms with Crippen LogP contribution >= 0.6 is 0 Å². The molecule has 1 spiro atoms. The number of aryl methyl sites for hydroxylation is 1. The number of aromatic nitrogens is 4. The molecule has 0 bridgehead atoms. The lowest BCUT2D eigenvalue weighted by atomic mass is 9.76. The van der Waals surface area contributed by atoms with Gasteiger partial charge in [0, 0.05) is 37.2 Å². The molecule has 10 heteroatoms. The number of anilines is 1. The molecule has 0 unspecified atom stereocenters. The number of amides is 1. The number of fused-ring (bicyclic) bond motifs is 2. The zero-order chi connectivity index (χ0) is 20.0. The van der Waals surface area contributed by atoms with E-state index in [2.05, 4.69) is 24.8 Å². The third-order valence-electron chi connectivity index (χ3n) is 6.53. The number of ether oxygens (including phenoxy) is 1. The average Bonchev–Trinajstić information content (AvgIpc) is 3.33. The summed E-state index contributed by atoms with van der Waals surface area (Å²) in [5, 5.41) is 7.44. The minimum atomic E-state index is -0.148. The number of likely N-dealkylation sites (tertiary alicyclic amines) is 1. The van der Waals surface area contributed by atoms with Gasteiger partial charge in [-0.3, -0.25) is 14.6 Å². The number of H-pyrrole nitrogens is 1. The van der Waals surface area contributed by atoms with E-state index in [9.17, 15) is 9.59 Å². The number of rotatable bonds is 2. The highest BCUT2D eigenvalue weighted by Crippen LogP contribution is 2.44. The summed E-state index contributed by atoms with van der Waals surface area (Å²) in [6.45, 7) is 5.65. The van der Waals surface area contributed by atoms with E-state index in [1.807, 2.05) is 0 Å². The molecule has 0 aromatic carbocycles. The van der Waals surface area contributed by atoms with E-state index in [1.54, 1.807) is 11.8 Å². The molecule has 0 atom stereocenters. The number of hydrogen-bond acceptors (Lipinski definition) is 8. The van der Waals surface area contributed by atoms with E-state index in [0.717, 1.165) is 50.0 Å². The van der Waals surface area contributed by atoms with Gasteiger partial charge in [-0.15, -0.1) is 0 Å². The molecular formula is C19H24N6O4. The number of nitrogens with one attached hydrogen (secondary N) is 1. The van der Waals surface area contributed by atoms with Gasteiger partial charge in [-0.25, -0.2) is 9.61 Å². The Bertz CT molecular complexity index is 985. The van der Waals surface area contributed by atoms with Crippen molar-refractivity contribution in [1.29, 1.82) is 0 Å². The summed E-state index contributed by atoms with van der Waals surface area (Å²) in [6.07, 6.45) is 3.21. The van der Waals surface area contributed by atoms with Crippen LogP contribution in [0.5, 0.6) is 0 Å². The van der Waals surface area contributed by atoms with E-state index in [1.165, 1.54) is 0 Å². The molecule has 2 aromatic rings. The fourth-order valence-corrected chi connectivity index (χ4v) is 4.76. The van der Waals surface area contributed by atoms with Crippen LogP contribution in [0.4, 0.5) is 5.95 Å². The number of carbonyl (C=O) groups excluding carboxylic acids is 1. The second-order valence-corrected chi connectivity index (χ2v) is 8.09. The predicted molar refractivity (Wildman–Crippen MR) is 102 cm³/mol. The molecule has 3 aliphatic rings. The first-order valence-electron chi connectivity index (χ1n) is 10.1. The Balaban J connectivity index is 1.39. The highest BCUT2D eigenvalue weighted by atomic mass is 16.6. The monoisotopic (exact) mass is 400 g/mol. The maximum atomic E-state index is 12.7. The number of hydrogen-bond donors (Lipinski definition) is 1. The van der Waals surface area contributed by atoms with Gasteiger partial charge in [0.2, 0.25) is 5.95 Å². The van der Waals surface area contributed by atoms with Crippen molar-refractivity contribution in [1.82, 2.24) is 25.2 Å². The third-order valence-corrected chi connectivity index (χ3v) is 6.53. The number of morpholine rings is 1. The molecule has 1 aliphatic carbocycles. The topological polar surface area (TPSA) is 117 Å². The zero-order valence-corrected chi connectivity index (χ0v) is 16.4. The Morgan fingerprint density at radius 3 is 2.55 bits per heavy atom. The summed E-state index contributed by atoms with van der Waals surface area (Å²) >= 11 is 0. The molecule has 0 radical (unpaired) electrons. The van der Waals surface area contributed by atoms with Gasteiger partial charge in [-0.1, -0.05) is 5.16 Å². The van der Waals surface area contributed by atoms with Crippen LogP contribution in [0.15, 0.2) is 9.42 Å². The van der Waals surface area contributed by atoms with Crippen molar-refractivity contribution in [3.8, 4) is 0 Å². The van der Waals surface area contributed by atoms with Gasteiger partial charge in [0.1, 0.15) is 5.69 Å². The Labute approximate surface area is 167 Å². The molecule has 5 rings (SSSR count). The molecule has 1 N–H and O–H groups in total. The van der Waals surface area contributed by atoms with Crippen LogP contribution in [-0.2, 0) is 16.6 Å². The first-order chi connectivity index (χ1) is 14.1. The molecule has 10 nitrogen and oxygen atoms in total. The van der Waals surface area contributed by atoms with Gasteiger partial charge in [0.25, 0.3) is 11.5 Å². The summed E-state index contributed by atoms with van der Waals surface area (Å²) in [6, 6.07) is 0. The number of aromatic amines is 1. The van der Waals surface area contributed by atoms with Crippen molar-refractivity contribution in [2.24, 2.45) is 0 Å². The number of carbonyl (C=O) groups is 1. The molecule has 2 fully saturated rings. The van der Waals surface area contributed by atoms with Gasteiger partial charge in [-0.05, 0) is 37.8 Å². The van der Waals surface area contributed by atoms with Crippen LogP contribution in [0.2, 0.25) is 0 Å². The lowest BCUT2D eigenvalue weighted by Crippen LogP contribution is -2.45. The van der Waals surface area contributed by atoms with Crippen molar-refractivity contribution < 1.29 is 14.2 Å². The summed E-state index contributed by atoms with van der Waals surface area (Å²) in [5.41, 5.74) is 2.34. The van der Waals surface area contributed by atoms with E-state index in [0.29, 0.717) is 37.9 Å². The van der Waals surface area contributed by atoms with Crippen LogP contribution < -0.4 is 10.5 Å². The normalized spacial score (nSPS) is 20.9. The van der Waals surface area contributed by atoms with Crippen molar-refractivity contribution >= 4 is 11.9 Å². The zero-order valence-electron chi connectivity index (χ0n) is 16.4. The third kappa shape index (κ3) is 3.02. The second-order valence-electron chi connectivity index (χ2n) is 8.09. The van der Waals surface area contributed by atoms with Gasteiger partial charge in [0.05, 0.1) is 18.9 Å².